The highest BCUT2D eigenvalue weighted by atomic mass is 17.8. The third-order valence-electron chi connectivity index (χ3n) is 5.83. The van der Waals surface area contributed by atoms with Gasteiger partial charge in [0.1, 0.15) is 30.1 Å². The van der Waals surface area contributed by atoms with Gasteiger partial charge in [0.05, 0.1) is 38.7 Å². The quantitative estimate of drug-likeness (QED) is 0.0824. The van der Waals surface area contributed by atoms with Crippen molar-refractivity contribution in [2.45, 2.75) is 62.8 Å². The monoisotopic (exact) mass is 497 g/mol. The van der Waals surface area contributed by atoms with Crippen molar-refractivity contribution in [2.24, 2.45) is 11.8 Å². The van der Waals surface area contributed by atoms with E-state index in [1.165, 1.54) is 0 Å². The van der Waals surface area contributed by atoms with Crippen molar-refractivity contribution in [1.82, 2.24) is 15.0 Å². The van der Waals surface area contributed by atoms with E-state index in [9.17, 15) is 25.5 Å². The van der Waals surface area contributed by atoms with Gasteiger partial charge in [-0.25, -0.2) is 10.1 Å². The van der Waals surface area contributed by atoms with Crippen molar-refractivity contribution in [1.29, 1.82) is 0 Å². The summed E-state index contributed by atoms with van der Waals surface area (Å²) in [6.45, 7) is 0.675. The zero-order valence-corrected chi connectivity index (χ0v) is 18.2. The van der Waals surface area contributed by atoms with Crippen LogP contribution in [-0.4, -0.2) is 109 Å². The number of rotatable bonds is 15. The molecule has 34 heavy (non-hydrogen) atoms. The van der Waals surface area contributed by atoms with Crippen LogP contribution in [0.2, 0.25) is 0 Å². The fourth-order valence-corrected chi connectivity index (χ4v) is 3.84. The van der Waals surface area contributed by atoms with Gasteiger partial charge in [0, 0.05) is 19.1 Å². The molecule has 2 aliphatic rings. The van der Waals surface area contributed by atoms with Gasteiger partial charge in [0.2, 0.25) is 0 Å². The Balaban J connectivity index is 1.30. The Hall–Kier alpha value is -1.38. The van der Waals surface area contributed by atoms with Gasteiger partial charge in [-0.05, 0) is 33.9 Å². The van der Waals surface area contributed by atoms with Gasteiger partial charge >= 0.3 is 0 Å². The zero-order valence-electron chi connectivity index (χ0n) is 18.2. The van der Waals surface area contributed by atoms with Crippen LogP contribution in [0.15, 0.2) is 6.20 Å². The van der Waals surface area contributed by atoms with Gasteiger partial charge in [-0.3, -0.25) is 4.68 Å². The van der Waals surface area contributed by atoms with Gasteiger partial charge in [-0.2, -0.15) is 0 Å². The predicted molar refractivity (Wildman–Crippen MR) is 103 cm³/mol. The van der Waals surface area contributed by atoms with Crippen molar-refractivity contribution in [2.75, 3.05) is 26.4 Å². The second-order valence-electron chi connectivity index (χ2n) is 8.13. The van der Waals surface area contributed by atoms with Gasteiger partial charge in [-0.1, -0.05) is 5.21 Å². The summed E-state index contributed by atoms with van der Waals surface area (Å²) in [6, 6.07) is 0. The van der Waals surface area contributed by atoms with Crippen molar-refractivity contribution in [3.63, 3.8) is 0 Å². The number of aromatic nitrogens is 3. The standard InChI is InChI=1S/C18H31N3O13/c22-7-14-15(24)16(25)17(26)18(31-14)29-3-1-2-28-9-11-5-21(20-19-11)6-12-10(4-13(12)23)8-30-33-34-32-27/h5,10,12-18,22-27H,1-4,6-9H2. The normalized spacial score (nSPS) is 33.7. The van der Waals surface area contributed by atoms with Gasteiger partial charge in [0.15, 0.2) is 6.29 Å². The Bertz CT molecular complexity index is 710. The van der Waals surface area contributed by atoms with E-state index in [4.69, 9.17) is 24.4 Å². The maximum Gasteiger partial charge on any atom is 0.186 e. The van der Waals surface area contributed by atoms with Gasteiger partial charge in [-0.15, -0.1) is 5.10 Å². The number of ether oxygens (including phenoxy) is 3. The minimum absolute atomic E-state index is 0.00936. The molecule has 1 aromatic rings. The highest BCUT2D eigenvalue weighted by molar-refractivity contribution is 4.93. The van der Waals surface area contributed by atoms with E-state index < -0.39 is 43.4 Å². The number of hydrogen-bond acceptors (Lipinski definition) is 15. The molecule has 1 saturated carbocycles. The second-order valence-corrected chi connectivity index (χ2v) is 8.13. The highest BCUT2D eigenvalue weighted by Gasteiger charge is 2.44. The third kappa shape index (κ3) is 7.31. The summed E-state index contributed by atoms with van der Waals surface area (Å²) in [7, 11) is 0. The molecule has 196 valence electrons. The largest absolute Gasteiger partial charge is 0.394 e. The van der Waals surface area contributed by atoms with Crippen LogP contribution >= 0.6 is 0 Å². The summed E-state index contributed by atoms with van der Waals surface area (Å²) < 4.78 is 17.8. The first kappa shape index (κ1) is 27.2. The first-order valence-electron chi connectivity index (χ1n) is 10.8. The second kappa shape index (κ2) is 13.6. The Morgan fingerprint density at radius 2 is 1.91 bits per heavy atom. The number of aliphatic hydroxyl groups excluding tert-OH is 5. The first-order chi connectivity index (χ1) is 16.4. The minimum atomic E-state index is -1.48. The van der Waals surface area contributed by atoms with Gasteiger partial charge in [0.25, 0.3) is 0 Å². The zero-order chi connectivity index (χ0) is 24.5. The maximum atomic E-state index is 9.99. The number of nitrogens with zero attached hydrogens (tertiary/aromatic N) is 3. The van der Waals surface area contributed by atoms with E-state index in [0.717, 1.165) is 0 Å². The topological polar surface area (TPSA) is 217 Å². The van der Waals surface area contributed by atoms with Crippen LogP contribution in [0, 0.1) is 11.8 Å². The fraction of sp³-hybridized carbons (Fsp3) is 0.889. The lowest BCUT2D eigenvalue weighted by Crippen LogP contribution is -2.59. The first-order valence-corrected chi connectivity index (χ1v) is 10.8. The predicted octanol–water partition coefficient (Wildman–Crippen LogP) is -2.72. The lowest BCUT2D eigenvalue weighted by molar-refractivity contribution is -0.703. The van der Waals surface area contributed by atoms with E-state index >= 15 is 0 Å². The number of aliphatic hydroxyl groups is 5. The molecule has 0 aromatic carbocycles. The van der Waals surface area contributed by atoms with Crippen molar-refractivity contribution in [3.8, 4) is 0 Å². The molecule has 2 fully saturated rings. The Morgan fingerprint density at radius 3 is 2.65 bits per heavy atom. The summed E-state index contributed by atoms with van der Waals surface area (Å²) in [5.74, 6) is -0.140. The molecular weight excluding hydrogens is 466 g/mol. The smallest absolute Gasteiger partial charge is 0.186 e. The molecule has 1 aliphatic carbocycles. The van der Waals surface area contributed by atoms with Crippen molar-refractivity contribution < 1.29 is 65.0 Å². The summed E-state index contributed by atoms with van der Waals surface area (Å²) in [5, 5.41) is 75.6. The number of hydrogen-bond donors (Lipinski definition) is 6. The lowest BCUT2D eigenvalue weighted by Gasteiger charge is -2.40. The van der Waals surface area contributed by atoms with Crippen LogP contribution in [0.3, 0.4) is 0 Å². The van der Waals surface area contributed by atoms with Crippen LogP contribution in [0.5, 0.6) is 0 Å². The Kier molecular flexibility index (Phi) is 10.9. The third-order valence-corrected chi connectivity index (χ3v) is 5.83. The molecule has 8 atom stereocenters. The van der Waals surface area contributed by atoms with E-state index in [0.29, 0.717) is 31.7 Å². The summed E-state index contributed by atoms with van der Waals surface area (Å²) >= 11 is 0. The van der Waals surface area contributed by atoms with Crippen LogP contribution in [0.1, 0.15) is 18.5 Å². The average Bonchev–Trinajstić information content (AvgIpc) is 3.29. The molecule has 1 aromatic heterocycles. The molecule has 1 saturated heterocycles. The molecule has 16 nitrogen and oxygen atoms in total. The molecule has 16 heteroatoms. The van der Waals surface area contributed by atoms with Crippen molar-refractivity contribution >= 4 is 0 Å². The summed E-state index contributed by atoms with van der Waals surface area (Å²) in [5.41, 5.74) is 0.591. The van der Waals surface area contributed by atoms with Crippen molar-refractivity contribution in [3.05, 3.63) is 11.9 Å². The van der Waals surface area contributed by atoms with E-state index in [1.807, 2.05) is 0 Å². The lowest BCUT2D eigenvalue weighted by atomic mass is 9.71. The van der Waals surface area contributed by atoms with Crippen LogP contribution in [-0.2, 0) is 47.4 Å². The molecule has 8 unspecified atom stereocenters. The maximum absolute atomic E-state index is 9.99. The van der Waals surface area contributed by atoms with Crippen LogP contribution in [0.4, 0.5) is 0 Å². The minimum Gasteiger partial charge on any atom is -0.394 e. The van der Waals surface area contributed by atoms with Gasteiger partial charge < -0.3 is 39.7 Å². The molecule has 3 rings (SSSR count). The summed E-state index contributed by atoms with van der Waals surface area (Å²) in [4.78, 5) is 4.70. The van der Waals surface area contributed by atoms with Crippen LogP contribution in [0.25, 0.3) is 0 Å². The van der Waals surface area contributed by atoms with E-state index in [1.54, 1.807) is 10.9 Å². The molecular formula is C18H31N3O13. The summed E-state index contributed by atoms with van der Waals surface area (Å²) in [6.07, 6.45) is -4.40. The van der Waals surface area contributed by atoms with Crippen LogP contribution < -0.4 is 0 Å². The Labute approximate surface area is 193 Å². The molecule has 6 N–H and O–H groups in total. The molecule has 0 spiro atoms. The van der Waals surface area contributed by atoms with E-state index in [2.05, 4.69) is 25.4 Å². The SMILES string of the molecule is OCC1OC(OCCCOCc2cn(CC3C(O)CC3COOOOO)nn2)C(O)C(O)C1O. The average molecular weight is 497 g/mol. The van der Waals surface area contributed by atoms with E-state index in [-0.39, 0.29) is 31.7 Å². The molecule has 0 radical (unpaired) electrons. The Morgan fingerprint density at radius 1 is 1.09 bits per heavy atom. The fourth-order valence-electron chi connectivity index (χ4n) is 3.84. The molecule has 0 amide bonds. The molecule has 0 bridgehead atoms. The highest BCUT2D eigenvalue weighted by Crippen LogP contribution is 2.36. The molecule has 1 aliphatic heterocycles. The molecule has 2 heterocycles.